The average Bonchev–Trinajstić information content (AvgIpc) is 2.44. The van der Waals surface area contributed by atoms with Crippen LogP contribution in [0.25, 0.3) is 0 Å². The first-order valence-electron chi connectivity index (χ1n) is 6.56. The van der Waals surface area contributed by atoms with E-state index in [1.807, 2.05) is 19.1 Å². The number of likely N-dealkylation sites (N-methyl/N-ethyl adjacent to an activating group) is 1. The molecule has 1 unspecified atom stereocenters. The van der Waals surface area contributed by atoms with E-state index in [2.05, 4.69) is 21.2 Å². The lowest BCUT2D eigenvalue weighted by molar-refractivity contribution is -0.154. The van der Waals surface area contributed by atoms with E-state index in [4.69, 9.17) is 4.74 Å². The molecule has 0 spiro atoms. The molecule has 1 atom stereocenters. The van der Waals surface area contributed by atoms with Crippen molar-refractivity contribution >= 4 is 33.4 Å². The number of hydrogen-bond donors (Lipinski definition) is 1. The van der Waals surface area contributed by atoms with Gasteiger partial charge in [-0.2, -0.15) is 0 Å². The summed E-state index contributed by atoms with van der Waals surface area (Å²) < 4.78 is 6.33. The van der Waals surface area contributed by atoms with E-state index in [-0.39, 0.29) is 18.2 Å². The van der Waals surface area contributed by atoms with Crippen molar-refractivity contribution in [1.82, 2.24) is 4.90 Å². The van der Waals surface area contributed by atoms with Crippen molar-refractivity contribution < 1.29 is 14.3 Å². The molecule has 1 aliphatic heterocycles. The minimum Gasteiger partial charge on any atom is -0.366 e. The zero-order valence-corrected chi connectivity index (χ0v) is 12.9. The van der Waals surface area contributed by atoms with E-state index in [9.17, 15) is 9.59 Å². The van der Waals surface area contributed by atoms with Gasteiger partial charge in [-0.3, -0.25) is 9.59 Å². The first-order valence-corrected chi connectivity index (χ1v) is 7.35. The fourth-order valence-electron chi connectivity index (χ4n) is 2.06. The molecule has 0 aromatic heterocycles. The SMILES string of the molecule is CCN1CCOC(CC(=O)Nc2ccc(Br)cc2)C1=O. The zero-order chi connectivity index (χ0) is 14.5. The Hall–Kier alpha value is -1.40. The van der Waals surface area contributed by atoms with Crippen LogP contribution in [0.5, 0.6) is 0 Å². The molecular weight excluding hydrogens is 324 g/mol. The molecule has 0 saturated carbocycles. The summed E-state index contributed by atoms with van der Waals surface area (Å²) in [5, 5.41) is 2.76. The Morgan fingerprint density at radius 2 is 2.15 bits per heavy atom. The third-order valence-corrected chi connectivity index (χ3v) is 3.68. The van der Waals surface area contributed by atoms with Gasteiger partial charge in [-0.1, -0.05) is 15.9 Å². The molecule has 0 bridgehead atoms. The van der Waals surface area contributed by atoms with Crippen molar-refractivity contribution in [3.8, 4) is 0 Å². The number of anilines is 1. The van der Waals surface area contributed by atoms with Crippen LogP contribution >= 0.6 is 15.9 Å². The fraction of sp³-hybridized carbons (Fsp3) is 0.429. The number of carbonyl (C=O) groups excluding carboxylic acids is 2. The number of morpholine rings is 1. The second-order valence-corrected chi connectivity index (χ2v) is 5.45. The number of nitrogens with one attached hydrogen (secondary N) is 1. The van der Waals surface area contributed by atoms with E-state index < -0.39 is 6.10 Å². The lowest BCUT2D eigenvalue weighted by atomic mass is 10.1. The normalized spacial score (nSPS) is 19.0. The number of benzene rings is 1. The van der Waals surface area contributed by atoms with Crippen molar-refractivity contribution in [2.75, 3.05) is 25.0 Å². The Balaban J connectivity index is 1.90. The van der Waals surface area contributed by atoms with Gasteiger partial charge in [0.05, 0.1) is 13.0 Å². The van der Waals surface area contributed by atoms with Crippen LogP contribution in [0, 0.1) is 0 Å². The molecular formula is C14H17BrN2O3. The highest BCUT2D eigenvalue weighted by atomic mass is 79.9. The zero-order valence-electron chi connectivity index (χ0n) is 11.3. The summed E-state index contributed by atoms with van der Waals surface area (Å²) >= 11 is 3.33. The van der Waals surface area contributed by atoms with Gasteiger partial charge in [0.1, 0.15) is 6.10 Å². The van der Waals surface area contributed by atoms with Crippen LogP contribution in [-0.2, 0) is 14.3 Å². The molecule has 1 aliphatic rings. The molecule has 20 heavy (non-hydrogen) atoms. The van der Waals surface area contributed by atoms with Gasteiger partial charge in [-0.05, 0) is 31.2 Å². The summed E-state index contributed by atoms with van der Waals surface area (Å²) in [6, 6.07) is 7.28. The second kappa shape index (κ2) is 6.85. The maximum Gasteiger partial charge on any atom is 0.252 e. The largest absolute Gasteiger partial charge is 0.366 e. The maximum atomic E-state index is 12.0. The highest BCUT2D eigenvalue weighted by Gasteiger charge is 2.30. The van der Waals surface area contributed by atoms with Gasteiger partial charge in [-0.15, -0.1) is 0 Å². The number of halogens is 1. The van der Waals surface area contributed by atoms with Gasteiger partial charge < -0.3 is 15.0 Å². The lowest BCUT2D eigenvalue weighted by Gasteiger charge is -2.31. The van der Waals surface area contributed by atoms with Gasteiger partial charge in [0, 0.05) is 23.2 Å². The van der Waals surface area contributed by atoms with Crippen molar-refractivity contribution in [2.24, 2.45) is 0 Å². The van der Waals surface area contributed by atoms with E-state index in [0.717, 1.165) is 4.47 Å². The predicted octanol–water partition coefficient (Wildman–Crippen LogP) is 2.02. The minimum atomic E-state index is -0.667. The summed E-state index contributed by atoms with van der Waals surface area (Å²) in [6.07, 6.45) is -0.620. The van der Waals surface area contributed by atoms with Crippen molar-refractivity contribution in [3.63, 3.8) is 0 Å². The summed E-state index contributed by atoms with van der Waals surface area (Å²) in [5.41, 5.74) is 0.703. The lowest BCUT2D eigenvalue weighted by Crippen LogP contribution is -2.48. The van der Waals surface area contributed by atoms with Crippen LogP contribution in [-0.4, -0.2) is 42.5 Å². The number of amides is 2. The standard InChI is InChI=1S/C14H17BrN2O3/c1-2-17-7-8-20-12(14(17)19)9-13(18)16-11-5-3-10(15)4-6-11/h3-6,12H,2,7-9H2,1H3,(H,16,18). The smallest absolute Gasteiger partial charge is 0.252 e. The van der Waals surface area contributed by atoms with Crippen LogP contribution in [0.3, 0.4) is 0 Å². The van der Waals surface area contributed by atoms with Crippen LogP contribution < -0.4 is 5.32 Å². The molecule has 2 amide bonds. The first kappa shape index (κ1) is 15.0. The Kier molecular flexibility index (Phi) is 5.14. The summed E-state index contributed by atoms with van der Waals surface area (Å²) in [5.74, 6) is -0.326. The topological polar surface area (TPSA) is 58.6 Å². The fourth-order valence-corrected chi connectivity index (χ4v) is 2.33. The molecule has 2 rings (SSSR count). The van der Waals surface area contributed by atoms with Crippen molar-refractivity contribution in [1.29, 1.82) is 0 Å². The number of ether oxygens (including phenoxy) is 1. The molecule has 1 fully saturated rings. The summed E-state index contributed by atoms with van der Waals surface area (Å²) in [6.45, 7) is 3.64. The Bertz CT molecular complexity index is 490. The molecule has 6 heteroatoms. The van der Waals surface area contributed by atoms with Crippen LogP contribution in [0.2, 0.25) is 0 Å². The number of nitrogens with zero attached hydrogens (tertiary/aromatic N) is 1. The Labute approximate surface area is 126 Å². The average molecular weight is 341 g/mol. The van der Waals surface area contributed by atoms with Gasteiger partial charge in [0.2, 0.25) is 5.91 Å². The summed E-state index contributed by atoms with van der Waals surface area (Å²) in [4.78, 5) is 25.6. The molecule has 108 valence electrons. The van der Waals surface area contributed by atoms with Crippen LogP contribution in [0.1, 0.15) is 13.3 Å². The molecule has 0 aliphatic carbocycles. The Morgan fingerprint density at radius 1 is 1.45 bits per heavy atom. The molecule has 1 saturated heterocycles. The molecule has 1 aromatic carbocycles. The summed E-state index contributed by atoms with van der Waals surface area (Å²) in [7, 11) is 0. The third-order valence-electron chi connectivity index (χ3n) is 3.15. The number of hydrogen-bond acceptors (Lipinski definition) is 3. The van der Waals surface area contributed by atoms with Crippen molar-refractivity contribution in [2.45, 2.75) is 19.4 Å². The van der Waals surface area contributed by atoms with E-state index in [1.54, 1.807) is 17.0 Å². The maximum absolute atomic E-state index is 12.0. The monoisotopic (exact) mass is 340 g/mol. The van der Waals surface area contributed by atoms with Gasteiger partial charge in [0.25, 0.3) is 5.91 Å². The molecule has 1 N–H and O–H groups in total. The van der Waals surface area contributed by atoms with Gasteiger partial charge >= 0.3 is 0 Å². The predicted molar refractivity (Wildman–Crippen MR) is 79.4 cm³/mol. The highest BCUT2D eigenvalue weighted by Crippen LogP contribution is 2.16. The molecule has 0 radical (unpaired) electrons. The Morgan fingerprint density at radius 3 is 2.80 bits per heavy atom. The minimum absolute atomic E-state index is 0.0470. The molecule has 1 heterocycles. The second-order valence-electron chi connectivity index (χ2n) is 4.54. The van der Waals surface area contributed by atoms with Crippen molar-refractivity contribution in [3.05, 3.63) is 28.7 Å². The third kappa shape index (κ3) is 3.80. The van der Waals surface area contributed by atoms with Gasteiger partial charge in [-0.25, -0.2) is 0 Å². The number of carbonyl (C=O) groups is 2. The molecule has 5 nitrogen and oxygen atoms in total. The molecule has 1 aromatic rings. The quantitative estimate of drug-likeness (QED) is 0.912. The first-order chi connectivity index (χ1) is 9.60. The van der Waals surface area contributed by atoms with E-state index in [1.165, 1.54) is 0 Å². The number of rotatable bonds is 4. The van der Waals surface area contributed by atoms with Crippen LogP contribution in [0.4, 0.5) is 5.69 Å². The highest BCUT2D eigenvalue weighted by molar-refractivity contribution is 9.10. The van der Waals surface area contributed by atoms with E-state index >= 15 is 0 Å². The van der Waals surface area contributed by atoms with Crippen LogP contribution in [0.15, 0.2) is 28.7 Å². The van der Waals surface area contributed by atoms with Gasteiger partial charge in [0.15, 0.2) is 0 Å². The van der Waals surface area contributed by atoms with E-state index in [0.29, 0.717) is 25.4 Å².